The molecule has 0 heterocycles. The second kappa shape index (κ2) is 7.58. The highest BCUT2D eigenvalue weighted by Gasteiger charge is 2.23. The van der Waals surface area contributed by atoms with E-state index >= 15 is 0 Å². The number of rotatable bonds is 5. The summed E-state index contributed by atoms with van der Waals surface area (Å²) >= 11 is 0. The van der Waals surface area contributed by atoms with Gasteiger partial charge in [0.15, 0.2) is 0 Å². The van der Waals surface area contributed by atoms with E-state index < -0.39 is 17.8 Å². The van der Waals surface area contributed by atoms with Crippen LogP contribution in [0.5, 0.6) is 0 Å². The molecule has 2 rings (SSSR count). The minimum Gasteiger partial charge on any atom is -0.478 e. The van der Waals surface area contributed by atoms with Gasteiger partial charge in [-0.3, -0.25) is 4.79 Å². The molecule has 0 bridgehead atoms. The van der Waals surface area contributed by atoms with E-state index in [0.717, 1.165) is 12.8 Å². The van der Waals surface area contributed by atoms with E-state index in [4.69, 9.17) is 4.74 Å². The highest BCUT2D eigenvalue weighted by atomic mass is 16.5. The summed E-state index contributed by atoms with van der Waals surface area (Å²) in [6.45, 7) is 2.02. The molecule has 0 spiro atoms. The van der Waals surface area contributed by atoms with Crippen molar-refractivity contribution in [3.63, 3.8) is 0 Å². The fraction of sp³-hybridized carbons (Fsp3) is 0.353. The lowest BCUT2D eigenvalue weighted by molar-refractivity contribution is -0.133. The van der Waals surface area contributed by atoms with E-state index in [2.05, 4.69) is 5.32 Å². The Bertz CT molecular complexity index is 645. The maximum atomic E-state index is 12.3. The first kappa shape index (κ1) is 16.7. The molecule has 0 atom stereocenters. The highest BCUT2D eigenvalue weighted by Crippen LogP contribution is 2.26. The molecule has 0 fully saturated rings. The summed E-state index contributed by atoms with van der Waals surface area (Å²) in [5.74, 6) is -1.85. The van der Waals surface area contributed by atoms with Gasteiger partial charge in [0.25, 0.3) is 5.91 Å². The number of nitrogens with one attached hydrogen (secondary N) is 1. The molecule has 0 aliphatic heterocycles. The number of benzene rings is 1. The molecule has 23 heavy (non-hydrogen) atoms. The predicted molar refractivity (Wildman–Crippen MR) is 84.2 cm³/mol. The zero-order valence-corrected chi connectivity index (χ0v) is 12.9. The molecule has 1 aromatic carbocycles. The Labute approximate surface area is 134 Å². The first-order valence-corrected chi connectivity index (χ1v) is 7.56. The fourth-order valence-electron chi connectivity index (χ4n) is 2.50. The third kappa shape index (κ3) is 4.18. The van der Waals surface area contributed by atoms with Crippen LogP contribution in [0.4, 0.5) is 5.69 Å². The fourth-order valence-corrected chi connectivity index (χ4v) is 2.50. The van der Waals surface area contributed by atoms with Crippen molar-refractivity contribution in [2.24, 2.45) is 0 Å². The average Bonchev–Trinajstić information content (AvgIpc) is 2.55. The lowest BCUT2D eigenvalue weighted by atomic mass is 9.91. The Balaban J connectivity index is 2.11. The molecular formula is C17H19NO5. The third-order valence-corrected chi connectivity index (χ3v) is 3.65. The smallest absolute Gasteiger partial charge is 0.338 e. The van der Waals surface area contributed by atoms with Gasteiger partial charge in [-0.05, 0) is 56.9 Å². The molecule has 1 aliphatic carbocycles. The van der Waals surface area contributed by atoms with E-state index in [0.29, 0.717) is 36.3 Å². The zero-order valence-electron chi connectivity index (χ0n) is 12.9. The second-order valence-electron chi connectivity index (χ2n) is 5.22. The molecule has 1 amide bonds. The number of aliphatic carboxylic acids is 1. The molecule has 0 aromatic heterocycles. The summed E-state index contributed by atoms with van der Waals surface area (Å²) < 4.78 is 4.89. The number of carbonyl (C=O) groups is 3. The van der Waals surface area contributed by atoms with Crippen LogP contribution >= 0.6 is 0 Å². The summed E-state index contributed by atoms with van der Waals surface area (Å²) in [5.41, 5.74) is 1.42. The van der Waals surface area contributed by atoms with E-state index in [9.17, 15) is 19.5 Å². The molecule has 0 unspecified atom stereocenters. The van der Waals surface area contributed by atoms with E-state index in [1.54, 1.807) is 31.2 Å². The molecule has 2 N–H and O–H groups in total. The van der Waals surface area contributed by atoms with Crippen LogP contribution in [0.2, 0.25) is 0 Å². The minimum atomic E-state index is -1.03. The van der Waals surface area contributed by atoms with Gasteiger partial charge < -0.3 is 15.2 Å². The Hall–Kier alpha value is -2.63. The van der Waals surface area contributed by atoms with Crippen LogP contribution in [0.25, 0.3) is 0 Å². The summed E-state index contributed by atoms with van der Waals surface area (Å²) in [6, 6.07) is 6.30. The number of carboxylic acids is 1. The quantitative estimate of drug-likeness (QED) is 0.815. The summed E-state index contributed by atoms with van der Waals surface area (Å²) in [6.07, 6.45) is 2.47. The maximum absolute atomic E-state index is 12.3. The van der Waals surface area contributed by atoms with Crippen LogP contribution in [-0.4, -0.2) is 29.6 Å². The minimum absolute atomic E-state index is 0.192. The van der Waals surface area contributed by atoms with Crippen LogP contribution < -0.4 is 5.32 Å². The molecule has 6 heteroatoms. The van der Waals surface area contributed by atoms with Crippen LogP contribution in [0.15, 0.2) is 35.4 Å². The zero-order chi connectivity index (χ0) is 16.8. The van der Waals surface area contributed by atoms with Gasteiger partial charge in [0.05, 0.1) is 12.2 Å². The number of hydrogen-bond donors (Lipinski definition) is 2. The Morgan fingerprint density at radius 3 is 2.26 bits per heavy atom. The number of carboxylic acid groups (broad SMARTS) is 1. The molecule has 1 aliphatic rings. The first-order chi connectivity index (χ1) is 11.0. The van der Waals surface area contributed by atoms with Crippen molar-refractivity contribution in [1.29, 1.82) is 0 Å². The number of ether oxygens (including phenoxy) is 1. The number of anilines is 1. The van der Waals surface area contributed by atoms with Gasteiger partial charge in [-0.2, -0.15) is 0 Å². The van der Waals surface area contributed by atoms with Gasteiger partial charge >= 0.3 is 11.9 Å². The molecule has 0 saturated carbocycles. The van der Waals surface area contributed by atoms with Crippen LogP contribution in [0, 0.1) is 0 Å². The van der Waals surface area contributed by atoms with Gasteiger partial charge in [-0.1, -0.05) is 0 Å². The monoisotopic (exact) mass is 317 g/mol. The Morgan fingerprint density at radius 1 is 1.09 bits per heavy atom. The summed E-state index contributed by atoms with van der Waals surface area (Å²) in [7, 11) is 0. The van der Waals surface area contributed by atoms with Gasteiger partial charge in [-0.15, -0.1) is 0 Å². The lowest BCUT2D eigenvalue weighted by Crippen LogP contribution is -2.21. The largest absolute Gasteiger partial charge is 0.478 e. The molecular weight excluding hydrogens is 298 g/mol. The van der Waals surface area contributed by atoms with Gasteiger partial charge in [0.2, 0.25) is 0 Å². The average molecular weight is 317 g/mol. The lowest BCUT2D eigenvalue weighted by Gasteiger charge is -2.17. The predicted octanol–water partition coefficient (Wildman–Crippen LogP) is 2.76. The molecule has 1 aromatic rings. The van der Waals surface area contributed by atoms with Crippen molar-refractivity contribution in [3.8, 4) is 0 Å². The Morgan fingerprint density at radius 2 is 1.70 bits per heavy atom. The molecule has 6 nitrogen and oxygen atoms in total. The topological polar surface area (TPSA) is 92.7 Å². The van der Waals surface area contributed by atoms with E-state index in [1.807, 2.05) is 0 Å². The molecule has 0 saturated heterocycles. The standard InChI is InChI=1S/C17H19NO5/c1-2-23-17(22)11-7-9-12(10-8-11)18-15(19)13-5-3-4-6-14(13)16(20)21/h7-10H,2-6H2,1H3,(H,18,19)(H,20,21). The first-order valence-electron chi connectivity index (χ1n) is 7.56. The van der Waals surface area contributed by atoms with Crippen molar-refractivity contribution >= 4 is 23.5 Å². The van der Waals surface area contributed by atoms with Crippen LogP contribution in [0.3, 0.4) is 0 Å². The van der Waals surface area contributed by atoms with Crippen molar-refractivity contribution < 1.29 is 24.2 Å². The van der Waals surface area contributed by atoms with Crippen molar-refractivity contribution in [2.75, 3.05) is 11.9 Å². The highest BCUT2D eigenvalue weighted by molar-refractivity contribution is 6.09. The van der Waals surface area contributed by atoms with E-state index in [1.165, 1.54) is 0 Å². The number of hydrogen-bond acceptors (Lipinski definition) is 4. The van der Waals surface area contributed by atoms with E-state index in [-0.39, 0.29) is 5.57 Å². The van der Waals surface area contributed by atoms with Crippen molar-refractivity contribution in [3.05, 3.63) is 41.0 Å². The Kier molecular flexibility index (Phi) is 5.51. The van der Waals surface area contributed by atoms with Crippen LogP contribution in [-0.2, 0) is 14.3 Å². The van der Waals surface area contributed by atoms with Crippen LogP contribution in [0.1, 0.15) is 43.0 Å². The molecule has 122 valence electrons. The number of esters is 1. The normalized spacial score (nSPS) is 14.3. The molecule has 0 radical (unpaired) electrons. The number of carbonyl (C=O) groups excluding carboxylic acids is 2. The van der Waals surface area contributed by atoms with Crippen molar-refractivity contribution in [2.45, 2.75) is 32.6 Å². The second-order valence-corrected chi connectivity index (χ2v) is 5.22. The van der Waals surface area contributed by atoms with Gasteiger partial charge in [0.1, 0.15) is 0 Å². The SMILES string of the molecule is CCOC(=O)c1ccc(NC(=O)C2=C(C(=O)O)CCCC2)cc1. The number of amides is 1. The van der Waals surface area contributed by atoms with Crippen molar-refractivity contribution in [1.82, 2.24) is 0 Å². The summed E-state index contributed by atoms with van der Waals surface area (Å²) in [4.78, 5) is 35.1. The summed E-state index contributed by atoms with van der Waals surface area (Å²) in [5, 5.41) is 11.9. The van der Waals surface area contributed by atoms with Gasteiger partial charge in [0, 0.05) is 16.8 Å². The maximum Gasteiger partial charge on any atom is 0.338 e. The third-order valence-electron chi connectivity index (χ3n) is 3.65. The van der Waals surface area contributed by atoms with Gasteiger partial charge in [-0.25, -0.2) is 9.59 Å².